The largest absolute Gasteiger partial charge is 0.311 e. The molecule has 0 fully saturated rings. The van der Waals surface area contributed by atoms with Crippen LogP contribution in [0.15, 0.2) is 48.1 Å². The number of imidazole rings is 1. The zero-order valence-electron chi connectivity index (χ0n) is 14.4. The lowest BCUT2D eigenvalue weighted by molar-refractivity contribution is 0.615. The van der Waals surface area contributed by atoms with E-state index in [9.17, 15) is 0 Å². The second kappa shape index (κ2) is 6.63. The Morgan fingerprint density at radius 3 is 2.88 bits per heavy atom. The fourth-order valence-corrected chi connectivity index (χ4v) is 4.22. The highest BCUT2D eigenvalue weighted by Gasteiger charge is 2.18. The minimum absolute atomic E-state index is 0.824. The molecule has 1 N–H and O–H groups in total. The zero-order chi connectivity index (χ0) is 17.3. The molecule has 1 aromatic carbocycles. The summed E-state index contributed by atoms with van der Waals surface area (Å²) >= 11 is 1.67. The van der Waals surface area contributed by atoms with Gasteiger partial charge < -0.3 is 5.32 Å². The summed E-state index contributed by atoms with van der Waals surface area (Å²) in [6, 6.07) is 10.2. The summed E-state index contributed by atoms with van der Waals surface area (Å²) in [7, 11) is 0. The van der Waals surface area contributed by atoms with Crippen LogP contribution in [-0.2, 0) is 25.8 Å². The van der Waals surface area contributed by atoms with Gasteiger partial charge in [0.2, 0.25) is 0 Å². The number of benzene rings is 1. The van der Waals surface area contributed by atoms with E-state index >= 15 is 0 Å². The van der Waals surface area contributed by atoms with Gasteiger partial charge in [0.25, 0.3) is 0 Å². The Bertz CT molecular complexity index is 1020. The number of rotatable bonds is 4. The molecule has 0 saturated heterocycles. The highest BCUT2D eigenvalue weighted by molar-refractivity contribution is 7.15. The molecular weight excluding hydrogens is 342 g/mol. The first-order valence-corrected chi connectivity index (χ1v) is 9.81. The number of hydrogen-bond acceptors (Lipinski definition) is 5. The molecule has 0 unspecified atom stereocenters. The summed E-state index contributed by atoms with van der Waals surface area (Å²) < 4.78 is 2.09. The van der Waals surface area contributed by atoms with Gasteiger partial charge in [-0.25, -0.2) is 15.0 Å². The summed E-state index contributed by atoms with van der Waals surface area (Å²) in [6.45, 7) is 1.82. The van der Waals surface area contributed by atoms with Gasteiger partial charge in [-0.05, 0) is 31.4 Å². The Kier molecular flexibility index (Phi) is 3.99. The van der Waals surface area contributed by atoms with E-state index in [0.717, 1.165) is 60.1 Å². The SMILES string of the molecule is c1ccc(-c2nc(CCc3cn4ccsc4n3)c3c(n2)CNCC3)cc1. The molecule has 0 amide bonds. The molecule has 5 nitrogen and oxygen atoms in total. The van der Waals surface area contributed by atoms with E-state index in [0.29, 0.717) is 0 Å². The average Bonchev–Trinajstić information content (AvgIpc) is 3.28. The second-order valence-electron chi connectivity index (χ2n) is 6.54. The van der Waals surface area contributed by atoms with Gasteiger partial charge in [0.1, 0.15) is 0 Å². The Morgan fingerprint density at radius 1 is 1.08 bits per heavy atom. The third-order valence-electron chi connectivity index (χ3n) is 4.82. The van der Waals surface area contributed by atoms with Crippen molar-refractivity contribution in [3.63, 3.8) is 0 Å². The topological polar surface area (TPSA) is 55.1 Å². The standard InChI is InChI=1S/C20H19N5S/c1-2-4-14(5-3-1)19-23-17(16-8-9-21-12-18(16)24-19)7-6-15-13-25-10-11-26-20(25)22-15/h1-5,10-11,13,21H,6-9,12H2. The molecule has 0 saturated carbocycles. The van der Waals surface area contributed by atoms with Gasteiger partial charge in [-0.2, -0.15) is 0 Å². The van der Waals surface area contributed by atoms with Crippen LogP contribution < -0.4 is 5.32 Å². The molecule has 0 atom stereocenters. The number of aromatic nitrogens is 4. The maximum Gasteiger partial charge on any atom is 0.193 e. The number of aryl methyl sites for hydroxylation is 2. The highest BCUT2D eigenvalue weighted by Crippen LogP contribution is 2.23. The number of thiazole rings is 1. The molecule has 0 spiro atoms. The van der Waals surface area contributed by atoms with Gasteiger partial charge in [0.05, 0.1) is 11.4 Å². The molecule has 0 aliphatic carbocycles. The molecule has 130 valence electrons. The van der Waals surface area contributed by atoms with E-state index < -0.39 is 0 Å². The zero-order valence-corrected chi connectivity index (χ0v) is 15.2. The number of fused-ring (bicyclic) bond motifs is 2. The van der Waals surface area contributed by atoms with E-state index in [4.69, 9.17) is 15.0 Å². The minimum Gasteiger partial charge on any atom is -0.311 e. The Hall–Kier alpha value is -2.57. The molecule has 4 heterocycles. The fourth-order valence-electron chi connectivity index (χ4n) is 3.50. The summed E-state index contributed by atoms with van der Waals surface area (Å²) in [5.74, 6) is 0.828. The number of nitrogens with one attached hydrogen (secondary N) is 1. The van der Waals surface area contributed by atoms with E-state index in [1.807, 2.05) is 18.2 Å². The van der Waals surface area contributed by atoms with Gasteiger partial charge in [0, 0.05) is 35.6 Å². The Balaban J connectivity index is 1.48. The van der Waals surface area contributed by atoms with E-state index in [2.05, 4.69) is 39.6 Å². The van der Waals surface area contributed by atoms with Crippen LogP contribution >= 0.6 is 11.3 Å². The molecule has 26 heavy (non-hydrogen) atoms. The maximum atomic E-state index is 4.94. The van der Waals surface area contributed by atoms with E-state index in [-0.39, 0.29) is 0 Å². The summed E-state index contributed by atoms with van der Waals surface area (Å²) in [4.78, 5) is 15.5. The molecule has 0 bridgehead atoms. The maximum absolute atomic E-state index is 4.94. The summed E-state index contributed by atoms with van der Waals surface area (Å²) in [6.07, 6.45) is 6.98. The van der Waals surface area contributed by atoms with Crippen molar-refractivity contribution < 1.29 is 0 Å². The molecule has 1 aliphatic heterocycles. The predicted octanol–water partition coefficient (Wildman–Crippen LogP) is 3.28. The Labute approximate surface area is 155 Å². The second-order valence-corrected chi connectivity index (χ2v) is 7.41. The van der Waals surface area contributed by atoms with Crippen molar-refractivity contribution in [3.8, 4) is 11.4 Å². The number of nitrogens with zero attached hydrogens (tertiary/aromatic N) is 4. The smallest absolute Gasteiger partial charge is 0.193 e. The van der Waals surface area contributed by atoms with Crippen molar-refractivity contribution in [2.24, 2.45) is 0 Å². The fraction of sp³-hybridized carbons (Fsp3) is 0.250. The van der Waals surface area contributed by atoms with Crippen molar-refractivity contribution >= 4 is 16.3 Å². The van der Waals surface area contributed by atoms with Crippen LogP contribution in [0.2, 0.25) is 0 Å². The summed E-state index contributed by atoms with van der Waals surface area (Å²) in [5, 5.41) is 5.49. The lowest BCUT2D eigenvalue weighted by Gasteiger charge is -2.20. The van der Waals surface area contributed by atoms with Crippen molar-refractivity contribution in [2.45, 2.75) is 25.8 Å². The van der Waals surface area contributed by atoms with Crippen LogP contribution in [0.3, 0.4) is 0 Å². The monoisotopic (exact) mass is 361 g/mol. The molecule has 6 heteroatoms. The highest BCUT2D eigenvalue weighted by atomic mass is 32.1. The first kappa shape index (κ1) is 15.7. The molecule has 0 radical (unpaired) electrons. The van der Waals surface area contributed by atoms with Crippen molar-refractivity contribution in [3.05, 3.63) is 70.8 Å². The quantitative estimate of drug-likeness (QED) is 0.606. The first-order chi connectivity index (χ1) is 12.9. The van der Waals surface area contributed by atoms with Crippen LogP contribution in [-0.4, -0.2) is 25.9 Å². The molecule has 1 aliphatic rings. The first-order valence-electron chi connectivity index (χ1n) is 8.93. The van der Waals surface area contributed by atoms with Gasteiger partial charge in [0.15, 0.2) is 10.8 Å². The van der Waals surface area contributed by atoms with Crippen LogP contribution in [0.5, 0.6) is 0 Å². The predicted molar refractivity (Wildman–Crippen MR) is 103 cm³/mol. The molecule has 3 aromatic heterocycles. The third-order valence-corrected chi connectivity index (χ3v) is 5.59. The van der Waals surface area contributed by atoms with Crippen molar-refractivity contribution in [2.75, 3.05) is 6.54 Å². The van der Waals surface area contributed by atoms with Crippen LogP contribution in [0, 0.1) is 0 Å². The molecular formula is C20H19N5S. The lowest BCUT2D eigenvalue weighted by atomic mass is 10.00. The number of hydrogen-bond donors (Lipinski definition) is 1. The van der Waals surface area contributed by atoms with Crippen molar-refractivity contribution in [1.82, 2.24) is 24.7 Å². The lowest BCUT2D eigenvalue weighted by Crippen LogP contribution is -2.27. The average molecular weight is 361 g/mol. The van der Waals surface area contributed by atoms with Crippen LogP contribution in [0.4, 0.5) is 0 Å². The molecule has 5 rings (SSSR count). The van der Waals surface area contributed by atoms with Gasteiger partial charge >= 0.3 is 0 Å². The third kappa shape index (κ3) is 2.91. The van der Waals surface area contributed by atoms with E-state index in [1.165, 1.54) is 11.3 Å². The van der Waals surface area contributed by atoms with Crippen LogP contribution in [0.1, 0.15) is 22.6 Å². The van der Waals surface area contributed by atoms with E-state index in [1.54, 1.807) is 11.3 Å². The van der Waals surface area contributed by atoms with Gasteiger partial charge in [-0.1, -0.05) is 30.3 Å². The normalized spacial score (nSPS) is 13.8. The minimum atomic E-state index is 0.824. The molecule has 4 aromatic rings. The Morgan fingerprint density at radius 2 is 2.00 bits per heavy atom. The van der Waals surface area contributed by atoms with Gasteiger partial charge in [-0.3, -0.25) is 4.40 Å². The van der Waals surface area contributed by atoms with Gasteiger partial charge in [-0.15, -0.1) is 11.3 Å². The van der Waals surface area contributed by atoms with Crippen LogP contribution in [0.25, 0.3) is 16.3 Å². The van der Waals surface area contributed by atoms with Crippen molar-refractivity contribution in [1.29, 1.82) is 0 Å². The summed E-state index contributed by atoms with van der Waals surface area (Å²) in [5.41, 5.74) is 5.84.